The summed E-state index contributed by atoms with van der Waals surface area (Å²) in [6.07, 6.45) is 17.6. The van der Waals surface area contributed by atoms with Crippen LogP contribution in [0.5, 0.6) is 0 Å². The van der Waals surface area contributed by atoms with Gasteiger partial charge >= 0.3 is 0 Å². The van der Waals surface area contributed by atoms with Crippen molar-refractivity contribution >= 4 is 23.6 Å². The Morgan fingerprint density at radius 3 is 1.20 bits per heavy atom. The molecule has 1 saturated carbocycles. The second-order valence-corrected chi connectivity index (χ2v) is 16.8. The molecule has 1 heteroatoms. The van der Waals surface area contributed by atoms with Gasteiger partial charge in [0, 0.05) is 0 Å². The van der Waals surface area contributed by atoms with Gasteiger partial charge in [0.2, 0.25) is 0 Å². The monoisotopic (exact) mass is 560 g/mol. The first-order chi connectivity index (χ1) is 19.9. The molecule has 4 atom stereocenters. The van der Waals surface area contributed by atoms with E-state index in [1.165, 1.54) is 39.8 Å². The first-order valence-electron chi connectivity index (χ1n) is 16.7. The van der Waals surface area contributed by atoms with E-state index in [-0.39, 0.29) is 0 Å². The Labute approximate surface area is 252 Å². The van der Waals surface area contributed by atoms with E-state index in [1.807, 2.05) is 0 Å². The summed E-state index contributed by atoms with van der Waals surface area (Å²) >= 11 is 0. The Kier molecular flexibility index (Phi) is 9.24. The van der Waals surface area contributed by atoms with E-state index >= 15 is 0 Å². The highest BCUT2D eigenvalue weighted by Crippen LogP contribution is 2.52. The minimum atomic E-state index is -2.53. The molecule has 0 nitrogen and oxygen atoms in total. The van der Waals surface area contributed by atoms with Crippen molar-refractivity contribution in [2.24, 2.45) is 17.8 Å². The number of rotatable bonds is 10. The molecule has 0 bridgehead atoms. The Hall–Kier alpha value is -2.64. The zero-order valence-electron chi connectivity index (χ0n) is 26.8. The molecule has 0 saturated heterocycles. The average Bonchev–Trinajstić information content (AvgIpc) is 3.36. The molecular weight excluding hydrogens is 509 g/mol. The fourth-order valence-electron chi connectivity index (χ4n) is 8.24. The lowest BCUT2D eigenvalue weighted by Gasteiger charge is -2.45. The van der Waals surface area contributed by atoms with Crippen LogP contribution < -0.4 is 15.6 Å². The molecule has 2 aliphatic rings. The third-order valence-electron chi connectivity index (χ3n) is 10.4. The van der Waals surface area contributed by atoms with Crippen LogP contribution >= 0.6 is 0 Å². The van der Waals surface area contributed by atoms with E-state index in [0.717, 1.165) is 38.5 Å². The Morgan fingerprint density at radius 1 is 0.512 bits per heavy atom. The molecule has 0 spiro atoms. The SMILES string of the molecule is CCc1cc(CC)cc([Si](c2cc(CC)cc(CC)c2)(c2cc(CC)cc(CC)c2)C2C(C)CC3C=CC=CC32)c1. The van der Waals surface area contributed by atoms with Crippen LogP contribution in [-0.2, 0) is 38.5 Å². The van der Waals surface area contributed by atoms with Crippen molar-refractivity contribution < 1.29 is 0 Å². The van der Waals surface area contributed by atoms with Crippen molar-refractivity contribution in [1.29, 1.82) is 0 Å². The largest absolute Gasteiger partial charge is 0.152 e. The fourth-order valence-corrected chi connectivity index (χ4v) is 14.8. The number of aryl methyl sites for hydroxylation is 6. The predicted octanol–water partition coefficient (Wildman–Crippen LogP) is 8.30. The molecular formula is C40H52Si. The summed E-state index contributed by atoms with van der Waals surface area (Å²) in [5.41, 5.74) is 9.62. The van der Waals surface area contributed by atoms with Crippen molar-refractivity contribution in [3.8, 4) is 0 Å². The van der Waals surface area contributed by atoms with Gasteiger partial charge in [0.25, 0.3) is 0 Å². The Bertz CT molecular complexity index is 1220. The molecule has 0 heterocycles. The van der Waals surface area contributed by atoms with E-state index in [4.69, 9.17) is 0 Å². The van der Waals surface area contributed by atoms with E-state index < -0.39 is 8.07 Å². The van der Waals surface area contributed by atoms with E-state index in [0.29, 0.717) is 23.3 Å². The molecule has 0 amide bonds. The van der Waals surface area contributed by atoms with Crippen LogP contribution in [0, 0.1) is 17.8 Å². The number of hydrogen-bond acceptors (Lipinski definition) is 0. The van der Waals surface area contributed by atoms with Crippen LogP contribution in [0.25, 0.3) is 0 Å². The van der Waals surface area contributed by atoms with E-state index in [2.05, 4.69) is 127 Å². The van der Waals surface area contributed by atoms with Gasteiger partial charge in [-0.3, -0.25) is 0 Å². The first kappa shape index (κ1) is 29.8. The molecule has 0 aliphatic heterocycles. The van der Waals surface area contributed by atoms with Crippen LogP contribution in [0.4, 0.5) is 0 Å². The van der Waals surface area contributed by atoms with Crippen molar-refractivity contribution in [1.82, 2.24) is 0 Å². The molecule has 4 unspecified atom stereocenters. The predicted molar refractivity (Wildman–Crippen MR) is 183 cm³/mol. The van der Waals surface area contributed by atoms with E-state index in [9.17, 15) is 0 Å². The van der Waals surface area contributed by atoms with Crippen molar-refractivity contribution in [3.63, 3.8) is 0 Å². The molecule has 3 aromatic carbocycles. The normalized spacial score (nSPS) is 21.8. The molecule has 1 fully saturated rings. The number of fused-ring (bicyclic) bond motifs is 1. The summed E-state index contributed by atoms with van der Waals surface area (Å²) in [7, 11) is -2.53. The highest BCUT2D eigenvalue weighted by molar-refractivity contribution is 7.12. The van der Waals surface area contributed by atoms with Crippen LogP contribution in [0.1, 0.15) is 88.3 Å². The van der Waals surface area contributed by atoms with Crippen molar-refractivity contribution in [3.05, 3.63) is 112 Å². The maximum atomic E-state index is 2.66. The highest BCUT2D eigenvalue weighted by atomic mass is 28.3. The third kappa shape index (κ3) is 5.47. The lowest BCUT2D eigenvalue weighted by molar-refractivity contribution is 0.546. The van der Waals surface area contributed by atoms with Gasteiger partial charge in [-0.1, -0.05) is 127 Å². The van der Waals surface area contributed by atoms with Crippen LogP contribution in [-0.4, -0.2) is 8.07 Å². The zero-order valence-corrected chi connectivity index (χ0v) is 27.8. The third-order valence-corrected chi connectivity index (χ3v) is 16.0. The summed E-state index contributed by atoms with van der Waals surface area (Å²) in [5.74, 6) is 1.89. The molecule has 2 aliphatic carbocycles. The summed E-state index contributed by atoms with van der Waals surface area (Å²) in [6.45, 7) is 16.6. The first-order valence-corrected chi connectivity index (χ1v) is 18.7. The van der Waals surface area contributed by atoms with Gasteiger partial charge < -0.3 is 0 Å². The van der Waals surface area contributed by atoms with Gasteiger partial charge in [-0.15, -0.1) is 0 Å². The van der Waals surface area contributed by atoms with Gasteiger partial charge in [-0.05, 0) is 117 Å². The molecule has 0 aromatic heterocycles. The van der Waals surface area contributed by atoms with Crippen LogP contribution in [0.2, 0.25) is 5.54 Å². The quantitative estimate of drug-likeness (QED) is 0.173. The molecule has 0 N–H and O–H groups in total. The van der Waals surface area contributed by atoms with Crippen LogP contribution in [0.15, 0.2) is 78.9 Å². The molecule has 216 valence electrons. The molecule has 3 aromatic rings. The number of allylic oxidation sites excluding steroid dienone is 4. The smallest absolute Gasteiger partial charge is 0.0808 e. The fraction of sp³-hybridized carbons (Fsp3) is 0.450. The topological polar surface area (TPSA) is 0 Å². The Morgan fingerprint density at radius 2 is 0.854 bits per heavy atom. The highest BCUT2D eigenvalue weighted by Gasteiger charge is 2.56. The molecule has 41 heavy (non-hydrogen) atoms. The van der Waals surface area contributed by atoms with Gasteiger partial charge in [0.1, 0.15) is 0 Å². The summed E-state index contributed by atoms with van der Waals surface area (Å²) in [6, 6.07) is 23.4. The zero-order chi connectivity index (χ0) is 29.1. The lowest BCUT2D eigenvalue weighted by Crippen LogP contribution is -2.71. The molecule has 0 radical (unpaired) electrons. The van der Waals surface area contributed by atoms with Crippen molar-refractivity contribution in [2.75, 3.05) is 0 Å². The number of benzene rings is 3. The Balaban J connectivity index is 1.98. The van der Waals surface area contributed by atoms with Gasteiger partial charge in [-0.2, -0.15) is 0 Å². The summed E-state index contributed by atoms with van der Waals surface area (Å²) < 4.78 is 0. The maximum absolute atomic E-state index is 2.66. The molecule has 5 rings (SSSR count). The standard InChI is InChI=1S/C40H52Si/c1-8-29-19-30(9-2)23-36(22-29)41(37-24-31(10-3)20-32(11-4)25-37,38-26-33(12-5)21-34(13-6)27-38)40-28(7)18-35-16-14-15-17-39(35)40/h14-17,19-28,35,39-40H,8-13,18H2,1-7H3. The van der Waals surface area contributed by atoms with Gasteiger partial charge in [0.15, 0.2) is 8.07 Å². The summed E-state index contributed by atoms with van der Waals surface area (Å²) in [4.78, 5) is 0. The van der Waals surface area contributed by atoms with Gasteiger partial charge in [-0.25, -0.2) is 0 Å². The average molecular weight is 561 g/mol. The summed E-state index contributed by atoms with van der Waals surface area (Å²) in [5, 5.41) is 4.96. The lowest BCUT2D eigenvalue weighted by atomic mass is 9.92. The maximum Gasteiger partial charge on any atom is 0.152 e. The minimum Gasteiger partial charge on any atom is -0.0808 e. The minimum absolute atomic E-state index is 0.586. The second-order valence-electron chi connectivity index (χ2n) is 12.8. The number of hydrogen-bond donors (Lipinski definition) is 0. The second kappa shape index (κ2) is 12.7. The van der Waals surface area contributed by atoms with E-state index in [1.54, 1.807) is 15.6 Å². The van der Waals surface area contributed by atoms with Crippen LogP contribution in [0.3, 0.4) is 0 Å². The van der Waals surface area contributed by atoms with Crippen molar-refractivity contribution in [2.45, 2.75) is 99.0 Å². The van der Waals surface area contributed by atoms with Gasteiger partial charge in [0.05, 0.1) is 0 Å².